The van der Waals surface area contributed by atoms with Gasteiger partial charge in [0.05, 0.1) is 19.9 Å². The van der Waals surface area contributed by atoms with Crippen molar-refractivity contribution in [1.29, 1.82) is 0 Å². The third-order valence-electron chi connectivity index (χ3n) is 3.17. The molecular formula is C16H18N2O5. The molecule has 0 unspecified atom stereocenters. The highest BCUT2D eigenvalue weighted by atomic mass is 16.5. The maximum atomic E-state index is 11.9. The minimum absolute atomic E-state index is 0.372. The number of aromatic nitrogens is 1. The molecular weight excluding hydrogens is 300 g/mol. The maximum Gasteiger partial charge on any atom is 0.355 e. The fraction of sp³-hybridized carbons (Fsp3) is 0.250. The van der Waals surface area contributed by atoms with E-state index in [0.717, 1.165) is 0 Å². The van der Waals surface area contributed by atoms with Crippen molar-refractivity contribution in [3.05, 3.63) is 42.2 Å². The van der Waals surface area contributed by atoms with Gasteiger partial charge in [0.15, 0.2) is 6.61 Å². The van der Waals surface area contributed by atoms with Crippen molar-refractivity contribution in [2.45, 2.75) is 0 Å². The van der Waals surface area contributed by atoms with Gasteiger partial charge in [-0.05, 0) is 24.3 Å². The molecule has 0 fully saturated rings. The Morgan fingerprint density at radius 1 is 1.17 bits per heavy atom. The Morgan fingerprint density at radius 3 is 2.57 bits per heavy atom. The number of amides is 1. The Morgan fingerprint density at radius 2 is 1.96 bits per heavy atom. The second-order valence-electron chi connectivity index (χ2n) is 4.69. The van der Waals surface area contributed by atoms with E-state index in [0.29, 0.717) is 22.9 Å². The number of anilines is 1. The molecule has 0 saturated carbocycles. The summed E-state index contributed by atoms with van der Waals surface area (Å²) in [6.07, 6.45) is 1.72. The minimum Gasteiger partial charge on any atom is -0.497 e. The highest BCUT2D eigenvalue weighted by molar-refractivity contribution is 5.96. The number of aryl methyl sites for hydroxylation is 1. The van der Waals surface area contributed by atoms with Crippen LogP contribution in [0.2, 0.25) is 0 Å². The molecule has 1 heterocycles. The van der Waals surface area contributed by atoms with Crippen LogP contribution < -0.4 is 14.8 Å². The van der Waals surface area contributed by atoms with Gasteiger partial charge in [0, 0.05) is 19.3 Å². The van der Waals surface area contributed by atoms with Crippen molar-refractivity contribution in [2.75, 3.05) is 26.1 Å². The molecule has 1 aromatic heterocycles. The number of ether oxygens (including phenoxy) is 3. The zero-order chi connectivity index (χ0) is 16.8. The number of benzene rings is 1. The van der Waals surface area contributed by atoms with Crippen molar-refractivity contribution >= 4 is 17.6 Å². The van der Waals surface area contributed by atoms with Crippen molar-refractivity contribution in [1.82, 2.24) is 4.57 Å². The molecule has 1 aromatic carbocycles. The third kappa shape index (κ3) is 4.03. The monoisotopic (exact) mass is 318 g/mol. The van der Waals surface area contributed by atoms with Crippen molar-refractivity contribution in [3.8, 4) is 11.5 Å². The number of nitrogens with one attached hydrogen (secondary N) is 1. The lowest BCUT2D eigenvalue weighted by Gasteiger charge is -2.12. The average molecular weight is 318 g/mol. The normalized spacial score (nSPS) is 10.0. The van der Waals surface area contributed by atoms with Gasteiger partial charge in [-0.3, -0.25) is 4.79 Å². The Balaban J connectivity index is 1.97. The van der Waals surface area contributed by atoms with Crippen LogP contribution in [0.5, 0.6) is 11.5 Å². The summed E-state index contributed by atoms with van der Waals surface area (Å²) in [5.41, 5.74) is 0.809. The van der Waals surface area contributed by atoms with Crippen LogP contribution >= 0.6 is 0 Å². The topological polar surface area (TPSA) is 78.8 Å². The van der Waals surface area contributed by atoms with Gasteiger partial charge >= 0.3 is 5.97 Å². The van der Waals surface area contributed by atoms with Gasteiger partial charge in [-0.15, -0.1) is 0 Å². The quantitative estimate of drug-likeness (QED) is 0.822. The number of hydrogen-bond donors (Lipinski definition) is 1. The van der Waals surface area contributed by atoms with Crippen LogP contribution in [-0.2, 0) is 16.6 Å². The van der Waals surface area contributed by atoms with Gasteiger partial charge in [-0.25, -0.2) is 4.79 Å². The molecule has 0 spiro atoms. The molecule has 7 nitrogen and oxygen atoms in total. The van der Waals surface area contributed by atoms with Gasteiger partial charge in [0.2, 0.25) is 0 Å². The van der Waals surface area contributed by atoms with E-state index < -0.39 is 18.5 Å². The van der Waals surface area contributed by atoms with Crippen LogP contribution in [0, 0.1) is 0 Å². The Kier molecular flexibility index (Phi) is 5.24. The minimum atomic E-state index is -0.565. The highest BCUT2D eigenvalue weighted by Crippen LogP contribution is 2.28. The van der Waals surface area contributed by atoms with E-state index >= 15 is 0 Å². The summed E-state index contributed by atoms with van der Waals surface area (Å²) < 4.78 is 16.9. The number of hydrogen-bond acceptors (Lipinski definition) is 5. The summed E-state index contributed by atoms with van der Waals surface area (Å²) in [7, 11) is 4.74. The average Bonchev–Trinajstić information content (AvgIpc) is 2.98. The predicted octanol–water partition coefficient (Wildman–Crippen LogP) is 1.84. The molecule has 1 N–H and O–H groups in total. The lowest BCUT2D eigenvalue weighted by Crippen LogP contribution is -2.22. The molecule has 23 heavy (non-hydrogen) atoms. The van der Waals surface area contributed by atoms with Crippen LogP contribution in [0.1, 0.15) is 10.5 Å². The molecule has 0 bridgehead atoms. The second kappa shape index (κ2) is 7.35. The number of carbonyl (C=O) groups is 2. The van der Waals surface area contributed by atoms with Crippen molar-refractivity contribution in [2.24, 2.45) is 7.05 Å². The number of esters is 1. The summed E-state index contributed by atoms with van der Waals surface area (Å²) in [4.78, 5) is 23.8. The second-order valence-corrected chi connectivity index (χ2v) is 4.69. The lowest BCUT2D eigenvalue weighted by molar-refractivity contribution is -0.119. The van der Waals surface area contributed by atoms with Crippen LogP contribution in [-0.4, -0.2) is 37.3 Å². The zero-order valence-electron chi connectivity index (χ0n) is 13.2. The summed E-state index contributed by atoms with van der Waals surface area (Å²) >= 11 is 0. The number of rotatable bonds is 6. The van der Waals surface area contributed by atoms with Crippen LogP contribution in [0.4, 0.5) is 5.69 Å². The fourth-order valence-electron chi connectivity index (χ4n) is 1.98. The lowest BCUT2D eigenvalue weighted by atomic mass is 10.2. The summed E-state index contributed by atoms with van der Waals surface area (Å²) in [6.45, 7) is -0.398. The Labute approximate surface area is 133 Å². The fourth-order valence-corrected chi connectivity index (χ4v) is 1.98. The number of carbonyl (C=O) groups excluding carboxylic acids is 2. The van der Waals surface area contributed by atoms with Crippen LogP contribution in [0.15, 0.2) is 36.5 Å². The van der Waals surface area contributed by atoms with E-state index in [1.807, 2.05) is 0 Å². The largest absolute Gasteiger partial charge is 0.497 e. The third-order valence-corrected chi connectivity index (χ3v) is 3.17. The van der Waals surface area contributed by atoms with E-state index in [-0.39, 0.29) is 0 Å². The summed E-state index contributed by atoms with van der Waals surface area (Å²) in [5, 5.41) is 2.62. The van der Waals surface area contributed by atoms with Crippen LogP contribution in [0.25, 0.3) is 0 Å². The molecule has 1 amide bonds. The Bertz CT molecular complexity index is 708. The Hall–Kier alpha value is -2.96. The van der Waals surface area contributed by atoms with Crippen LogP contribution in [0.3, 0.4) is 0 Å². The molecule has 122 valence electrons. The first-order valence-electron chi connectivity index (χ1n) is 6.85. The van der Waals surface area contributed by atoms with E-state index in [9.17, 15) is 9.59 Å². The molecule has 0 aliphatic heterocycles. The summed E-state index contributed by atoms with van der Waals surface area (Å²) in [5.74, 6) is 0.0131. The SMILES string of the molecule is COc1ccc(OC)c(NC(=O)COC(=O)c2cccn2C)c1. The van der Waals surface area contributed by atoms with Gasteiger partial charge in [0.1, 0.15) is 17.2 Å². The first kappa shape index (κ1) is 16.4. The van der Waals surface area contributed by atoms with E-state index in [4.69, 9.17) is 14.2 Å². The van der Waals surface area contributed by atoms with E-state index in [2.05, 4.69) is 5.32 Å². The number of nitrogens with zero attached hydrogens (tertiary/aromatic N) is 1. The molecule has 0 saturated heterocycles. The first-order chi connectivity index (χ1) is 11.0. The highest BCUT2D eigenvalue weighted by Gasteiger charge is 2.14. The van der Waals surface area contributed by atoms with Gasteiger partial charge < -0.3 is 24.1 Å². The molecule has 0 radical (unpaired) electrons. The van der Waals surface area contributed by atoms with Gasteiger partial charge in [-0.1, -0.05) is 0 Å². The molecule has 0 aliphatic carbocycles. The molecule has 2 rings (SSSR count). The zero-order valence-corrected chi connectivity index (χ0v) is 13.2. The molecule has 7 heteroatoms. The van der Waals surface area contributed by atoms with E-state index in [1.165, 1.54) is 14.2 Å². The van der Waals surface area contributed by atoms with Gasteiger partial charge in [0.25, 0.3) is 5.91 Å². The number of methoxy groups -OCH3 is 2. The van der Waals surface area contributed by atoms with Gasteiger partial charge in [-0.2, -0.15) is 0 Å². The molecule has 0 aliphatic rings. The smallest absolute Gasteiger partial charge is 0.355 e. The maximum absolute atomic E-state index is 11.9. The first-order valence-corrected chi connectivity index (χ1v) is 6.85. The summed E-state index contributed by atoms with van der Waals surface area (Å²) in [6, 6.07) is 8.34. The van der Waals surface area contributed by atoms with E-state index in [1.54, 1.807) is 48.1 Å². The standard InChI is InChI=1S/C16H18N2O5/c1-18-8-4-5-13(18)16(20)23-10-15(19)17-12-9-11(21-2)6-7-14(12)22-3/h4-9H,10H2,1-3H3,(H,17,19). The van der Waals surface area contributed by atoms with Crippen molar-refractivity contribution in [3.63, 3.8) is 0 Å². The molecule has 2 aromatic rings. The predicted molar refractivity (Wildman–Crippen MR) is 83.9 cm³/mol. The molecule has 0 atom stereocenters. The van der Waals surface area contributed by atoms with Crippen molar-refractivity contribution < 1.29 is 23.8 Å².